The summed E-state index contributed by atoms with van der Waals surface area (Å²) in [5.74, 6) is 1.07. The standard InChI is InChI=1S/C22H28N4O3/c1-15-7-16(2)9-18(8-15)10-24-6-5-22(13-24)14-25-19(12-29-22)23-26(11-17-3-4-17)21(28)20(25)27/h7-9,17H,3-6,10-14H2,1-2H3/t22-/m1/s1. The van der Waals surface area contributed by atoms with Gasteiger partial charge in [-0.1, -0.05) is 29.3 Å². The van der Waals surface area contributed by atoms with E-state index in [0.717, 1.165) is 38.9 Å². The quantitative estimate of drug-likeness (QED) is 0.735. The summed E-state index contributed by atoms with van der Waals surface area (Å²) in [4.78, 5) is 27.6. The molecule has 0 amide bonds. The van der Waals surface area contributed by atoms with E-state index in [1.807, 2.05) is 0 Å². The molecule has 0 radical (unpaired) electrons. The first kappa shape index (κ1) is 18.8. The zero-order chi connectivity index (χ0) is 20.2. The molecule has 7 nitrogen and oxygen atoms in total. The molecule has 2 fully saturated rings. The van der Waals surface area contributed by atoms with Crippen molar-refractivity contribution in [2.75, 3.05) is 13.1 Å². The van der Waals surface area contributed by atoms with Crippen LogP contribution in [0, 0.1) is 19.8 Å². The van der Waals surface area contributed by atoms with Gasteiger partial charge < -0.3 is 4.74 Å². The van der Waals surface area contributed by atoms with Crippen molar-refractivity contribution >= 4 is 0 Å². The van der Waals surface area contributed by atoms with Crippen molar-refractivity contribution in [1.82, 2.24) is 19.2 Å². The molecule has 1 aromatic heterocycles. The van der Waals surface area contributed by atoms with Crippen LogP contribution in [0.1, 0.15) is 41.8 Å². The fourth-order valence-electron chi connectivity index (χ4n) is 4.80. The Morgan fingerprint density at radius 1 is 1.10 bits per heavy atom. The smallest absolute Gasteiger partial charge is 0.332 e. The molecule has 29 heavy (non-hydrogen) atoms. The second-order valence-corrected chi connectivity index (χ2v) is 9.17. The Morgan fingerprint density at radius 2 is 1.86 bits per heavy atom. The predicted octanol–water partition coefficient (Wildman–Crippen LogP) is 1.61. The van der Waals surface area contributed by atoms with Crippen LogP contribution >= 0.6 is 0 Å². The molecular weight excluding hydrogens is 368 g/mol. The summed E-state index contributed by atoms with van der Waals surface area (Å²) in [6.07, 6.45) is 3.08. The van der Waals surface area contributed by atoms with Gasteiger partial charge in [-0.05, 0) is 44.6 Å². The fourth-order valence-corrected chi connectivity index (χ4v) is 4.80. The minimum absolute atomic E-state index is 0.289. The Bertz CT molecular complexity index is 1050. The number of nitrogens with zero attached hydrogens (tertiary/aromatic N) is 4. The summed E-state index contributed by atoms with van der Waals surface area (Å²) in [5.41, 5.74) is 2.49. The average molecular weight is 396 g/mol. The van der Waals surface area contributed by atoms with E-state index in [4.69, 9.17) is 4.74 Å². The minimum Gasteiger partial charge on any atom is -0.364 e. The minimum atomic E-state index is -0.497. The van der Waals surface area contributed by atoms with E-state index in [0.29, 0.717) is 24.8 Å². The summed E-state index contributed by atoms with van der Waals surface area (Å²) in [6, 6.07) is 6.64. The summed E-state index contributed by atoms with van der Waals surface area (Å²) < 4.78 is 9.18. The number of aromatic nitrogens is 3. The molecule has 0 bridgehead atoms. The molecule has 1 saturated carbocycles. The first-order valence-corrected chi connectivity index (χ1v) is 10.6. The number of aryl methyl sites for hydroxylation is 2. The van der Waals surface area contributed by atoms with Crippen LogP contribution in [-0.4, -0.2) is 37.9 Å². The predicted molar refractivity (Wildman–Crippen MR) is 109 cm³/mol. The zero-order valence-electron chi connectivity index (χ0n) is 17.2. The van der Waals surface area contributed by atoms with Gasteiger partial charge >= 0.3 is 11.1 Å². The maximum absolute atomic E-state index is 12.7. The molecule has 1 spiro atoms. The third kappa shape index (κ3) is 3.69. The van der Waals surface area contributed by atoms with Crippen molar-refractivity contribution in [3.8, 4) is 0 Å². The van der Waals surface area contributed by atoms with Gasteiger partial charge in [-0.15, -0.1) is 0 Å². The lowest BCUT2D eigenvalue weighted by atomic mass is 10.0. The normalized spacial score (nSPS) is 24.2. The monoisotopic (exact) mass is 396 g/mol. The van der Waals surface area contributed by atoms with Crippen molar-refractivity contribution in [3.05, 3.63) is 61.4 Å². The molecule has 7 heteroatoms. The molecule has 0 N–H and O–H groups in total. The molecule has 2 aromatic rings. The molecule has 1 atom stereocenters. The maximum atomic E-state index is 12.7. The largest absolute Gasteiger partial charge is 0.364 e. The van der Waals surface area contributed by atoms with Crippen molar-refractivity contribution in [3.63, 3.8) is 0 Å². The van der Waals surface area contributed by atoms with Crippen LogP contribution in [0.3, 0.4) is 0 Å². The lowest BCUT2D eigenvalue weighted by Gasteiger charge is -2.35. The lowest BCUT2D eigenvalue weighted by Crippen LogP contribution is -2.53. The van der Waals surface area contributed by atoms with Crippen molar-refractivity contribution in [2.45, 2.75) is 65.0 Å². The van der Waals surface area contributed by atoms with Crippen LogP contribution in [0.2, 0.25) is 0 Å². The molecular formula is C22H28N4O3. The highest BCUT2D eigenvalue weighted by atomic mass is 16.5. The molecule has 5 rings (SSSR count). The molecule has 1 saturated heterocycles. The van der Waals surface area contributed by atoms with E-state index in [-0.39, 0.29) is 6.61 Å². The highest BCUT2D eigenvalue weighted by Crippen LogP contribution is 2.32. The van der Waals surface area contributed by atoms with Crippen molar-refractivity contribution in [2.24, 2.45) is 5.92 Å². The van der Waals surface area contributed by atoms with Gasteiger partial charge in [-0.25, -0.2) is 4.68 Å². The summed E-state index contributed by atoms with van der Waals surface area (Å²) in [5, 5.41) is 4.44. The van der Waals surface area contributed by atoms with Crippen molar-refractivity contribution in [1.29, 1.82) is 0 Å². The molecule has 3 aliphatic rings. The lowest BCUT2D eigenvalue weighted by molar-refractivity contribution is -0.0859. The van der Waals surface area contributed by atoms with E-state index in [9.17, 15) is 9.59 Å². The highest BCUT2D eigenvalue weighted by Gasteiger charge is 2.43. The number of likely N-dealkylation sites (tertiary alicyclic amines) is 1. The second kappa shape index (κ2) is 6.92. The van der Waals surface area contributed by atoms with E-state index in [2.05, 4.69) is 42.0 Å². The molecule has 154 valence electrons. The number of hydrogen-bond acceptors (Lipinski definition) is 5. The second-order valence-electron chi connectivity index (χ2n) is 9.17. The van der Waals surface area contributed by atoms with Crippen LogP contribution < -0.4 is 11.1 Å². The first-order chi connectivity index (χ1) is 13.9. The van der Waals surface area contributed by atoms with E-state index in [1.54, 1.807) is 4.57 Å². The van der Waals surface area contributed by atoms with E-state index < -0.39 is 16.7 Å². The Morgan fingerprint density at radius 3 is 2.59 bits per heavy atom. The number of rotatable bonds is 4. The third-order valence-corrected chi connectivity index (χ3v) is 6.38. The average Bonchev–Trinajstić information content (AvgIpc) is 3.41. The summed E-state index contributed by atoms with van der Waals surface area (Å²) >= 11 is 0. The van der Waals surface area contributed by atoms with Crippen LogP contribution in [0.15, 0.2) is 27.8 Å². The van der Waals surface area contributed by atoms with Gasteiger partial charge in [0.15, 0.2) is 5.82 Å². The van der Waals surface area contributed by atoms with Crippen LogP contribution in [-0.2, 0) is 31.0 Å². The topological polar surface area (TPSA) is 69.4 Å². The van der Waals surface area contributed by atoms with Gasteiger partial charge in [0.25, 0.3) is 0 Å². The summed E-state index contributed by atoms with van der Waals surface area (Å²) in [6.45, 7) is 8.05. The SMILES string of the molecule is Cc1cc(C)cc(CN2CC[C@@]3(C2)Cn2c(nn(CC4CC4)c(=O)c2=O)CO3)c1. The molecule has 1 aliphatic carbocycles. The first-order valence-electron chi connectivity index (χ1n) is 10.6. The van der Waals surface area contributed by atoms with E-state index in [1.165, 1.54) is 21.4 Å². The Labute approximate surface area is 169 Å². The van der Waals surface area contributed by atoms with Gasteiger partial charge in [0, 0.05) is 26.2 Å². The highest BCUT2D eigenvalue weighted by molar-refractivity contribution is 5.28. The van der Waals surface area contributed by atoms with Crippen LogP contribution in [0.5, 0.6) is 0 Å². The molecule has 1 aromatic carbocycles. The number of hydrogen-bond donors (Lipinski definition) is 0. The number of benzene rings is 1. The fraction of sp³-hybridized carbons (Fsp3) is 0.591. The van der Waals surface area contributed by atoms with Crippen LogP contribution in [0.4, 0.5) is 0 Å². The number of fused-ring (bicyclic) bond motifs is 1. The van der Waals surface area contributed by atoms with Crippen LogP contribution in [0.25, 0.3) is 0 Å². The Hall–Kier alpha value is -2.25. The van der Waals surface area contributed by atoms with Gasteiger partial charge in [-0.2, -0.15) is 5.10 Å². The van der Waals surface area contributed by atoms with Gasteiger partial charge in [0.2, 0.25) is 0 Å². The van der Waals surface area contributed by atoms with Crippen molar-refractivity contribution < 1.29 is 4.74 Å². The summed E-state index contributed by atoms with van der Waals surface area (Å²) in [7, 11) is 0. The molecule has 2 aliphatic heterocycles. The van der Waals surface area contributed by atoms with E-state index >= 15 is 0 Å². The molecule has 0 unspecified atom stereocenters. The van der Waals surface area contributed by atoms with Gasteiger partial charge in [-0.3, -0.25) is 19.1 Å². The third-order valence-electron chi connectivity index (χ3n) is 6.38. The number of ether oxygens (including phenoxy) is 1. The van der Waals surface area contributed by atoms with Gasteiger partial charge in [0.05, 0.1) is 6.54 Å². The molecule has 3 heterocycles. The maximum Gasteiger partial charge on any atom is 0.332 e. The Kier molecular flexibility index (Phi) is 4.47. The van der Waals surface area contributed by atoms with Gasteiger partial charge in [0.1, 0.15) is 12.2 Å². The zero-order valence-corrected chi connectivity index (χ0v) is 17.2. The Balaban J connectivity index is 1.34.